The monoisotopic (exact) mass is 443 g/mol. The Labute approximate surface area is 186 Å². The number of amides is 2. The Kier molecular flexibility index (Phi) is 5.38. The van der Waals surface area contributed by atoms with Crippen molar-refractivity contribution in [2.24, 2.45) is 40.9 Å². The van der Waals surface area contributed by atoms with Crippen LogP contribution in [0.3, 0.4) is 0 Å². The van der Waals surface area contributed by atoms with Gasteiger partial charge in [0.15, 0.2) is 5.78 Å². The van der Waals surface area contributed by atoms with Crippen LogP contribution in [0.1, 0.15) is 40.0 Å². The SMILES string of the molecule is CCC1(CC)C(=O)C2=C3C1[C@H](C(=O)OC)C=C(C(=O)OC)C[C@H]3[C@H]1C(=O)NC(=O)[C@H]1[C@H]2C. The molecule has 4 aliphatic rings. The maximum absolute atomic E-state index is 14.0. The van der Waals surface area contributed by atoms with Crippen molar-refractivity contribution in [3.8, 4) is 0 Å². The third kappa shape index (κ3) is 2.70. The fourth-order valence-corrected chi connectivity index (χ4v) is 6.89. The number of imide groups is 1. The van der Waals surface area contributed by atoms with Crippen LogP contribution in [0.15, 0.2) is 22.8 Å². The van der Waals surface area contributed by atoms with Crippen molar-refractivity contribution in [3.05, 3.63) is 22.8 Å². The molecule has 0 aromatic heterocycles. The van der Waals surface area contributed by atoms with Crippen molar-refractivity contribution >= 4 is 29.5 Å². The summed E-state index contributed by atoms with van der Waals surface area (Å²) in [5, 5.41) is 2.43. The Morgan fingerprint density at radius 3 is 2.25 bits per heavy atom. The zero-order valence-corrected chi connectivity index (χ0v) is 19.0. The largest absolute Gasteiger partial charge is 0.469 e. The molecule has 8 heteroatoms. The molecular formula is C24H29NO7. The van der Waals surface area contributed by atoms with Crippen molar-refractivity contribution in [3.63, 3.8) is 0 Å². The summed E-state index contributed by atoms with van der Waals surface area (Å²) in [4.78, 5) is 65.2. The van der Waals surface area contributed by atoms with E-state index in [4.69, 9.17) is 9.47 Å². The van der Waals surface area contributed by atoms with E-state index in [1.165, 1.54) is 14.2 Å². The highest BCUT2D eigenvalue weighted by atomic mass is 16.5. The second kappa shape index (κ2) is 7.67. The van der Waals surface area contributed by atoms with E-state index in [9.17, 15) is 24.0 Å². The predicted octanol–water partition coefficient (Wildman–Crippen LogP) is 1.74. The van der Waals surface area contributed by atoms with Crippen molar-refractivity contribution in [1.29, 1.82) is 0 Å². The molecule has 0 radical (unpaired) electrons. The van der Waals surface area contributed by atoms with Crippen molar-refractivity contribution in [2.45, 2.75) is 40.0 Å². The van der Waals surface area contributed by atoms with Gasteiger partial charge in [0.1, 0.15) is 0 Å². The highest BCUT2D eigenvalue weighted by molar-refractivity contribution is 6.11. The number of Topliss-reactive ketones (excluding diaryl/α,β-unsaturated/α-hetero) is 1. The number of carbonyl (C=O) groups is 5. The first kappa shape index (κ1) is 22.4. The van der Waals surface area contributed by atoms with E-state index in [-0.39, 0.29) is 29.6 Å². The van der Waals surface area contributed by atoms with Crippen LogP contribution >= 0.6 is 0 Å². The molecule has 0 bridgehead atoms. The maximum atomic E-state index is 14.0. The minimum atomic E-state index is -0.865. The van der Waals surface area contributed by atoms with Gasteiger partial charge in [-0.3, -0.25) is 24.5 Å². The summed E-state index contributed by atoms with van der Waals surface area (Å²) in [5.41, 5.74) is 0.713. The molecule has 1 aliphatic heterocycles. The standard InChI is InChI=1S/C24H29NO7/c1-6-24(7-2)18-13(23(30)32-5)9-11(22(29)31-4)8-12-16(18)14(19(24)26)10(3)15-17(12)21(28)25-20(15)27/h9-10,12-13,15,17-18H,6-8H2,1-5H3,(H,25,27,28)/t10-,12+,13+,15-,17+,18?/m0/s1. The summed E-state index contributed by atoms with van der Waals surface area (Å²) in [6, 6.07) is 0. The average molecular weight is 443 g/mol. The molecule has 172 valence electrons. The minimum Gasteiger partial charge on any atom is -0.469 e. The first-order valence-electron chi connectivity index (χ1n) is 11.2. The number of hydrogen-bond acceptors (Lipinski definition) is 7. The lowest BCUT2D eigenvalue weighted by atomic mass is 9.61. The third-order valence-corrected chi connectivity index (χ3v) is 8.37. The van der Waals surface area contributed by atoms with Crippen LogP contribution in [0.25, 0.3) is 0 Å². The van der Waals surface area contributed by atoms with Crippen LogP contribution in [0.5, 0.6) is 0 Å². The van der Waals surface area contributed by atoms with Crippen LogP contribution in [-0.2, 0) is 33.4 Å². The summed E-state index contributed by atoms with van der Waals surface area (Å²) >= 11 is 0. The van der Waals surface area contributed by atoms with Gasteiger partial charge in [0, 0.05) is 16.9 Å². The van der Waals surface area contributed by atoms with Gasteiger partial charge in [-0.05, 0) is 36.7 Å². The number of nitrogens with one attached hydrogen (secondary N) is 1. The Morgan fingerprint density at radius 2 is 1.69 bits per heavy atom. The third-order valence-electron chi connectivity index (χ3n) is 8.37. The summed E-state index contributed by atoms with van der Waals surface area (Å²) < 4.78 is 10.1. The number of fused-ring (bicyclic) bond motifs is 2. The summed E-state index contributed by atoms with van der Waals surface area (Å²) in [5.74, 6) is -5.70. The number of allylic oxidation sites excluding steroid dienone is 2. The minimum absolute atomic E-state index is 0.0468. The van der Waals surface area contributed by atoms with Crippen molar-refractivity contribution < 1.29 is 33.4 Å². The lowest BCUT2D eigenvalue weighted by molar-refractivity contribution is -0.147. The molecule has 32 heavy (non-hydrogen) atoms. The van der Waals surface area contributed by atoms with Gasteiger partial charge >= 0.3 is 11.9 Å². The fourth-order valence-electron chi connectivity index (χ4n) is 6.89. The number of ether oxygens (including phenoxy) is 2. The molecule has 1 heterocycles. The van der Waals surface area contributed by atoms with E-state index < -0.39 is 52.9 Å². The quantitative estimate of drug-likeness (QED) is 0.520. The van der Waals surface area contributed by atoms with Crippen LogP contribution in [0, 0.1) is 40.9 Å². The molecule has 0 aromatic carbocycles. The fraction of sp³-hybridized carbons (Fsp3) is 0.625. The van der Waals surface area contributed by atoms with Crippen molar-refractivity contribution in [1.82, 2.24) is 5.32 Å². The first-order chi connectivity index (χ1) is 15.2. The predicted molar refractivity (Wildman–Crippen MR) is 112 cm³/mol. The maximum Gasteiger partial charge on any atom is 0.333 e. The van der Waals surface area contributed by atoms with E-state index in [1.807, 2.05) is 20.8 Å². The molecule has 2 amide bonds. The lowest BCUT2D eigenvalue weighted by Crippen LogP contribution is -2.41. The number of carbonyl (C=O) groups excluding carboxylic acids is 5. The highest BCUT2D eigenvalue weighted by Gasteiger charge is 2.65. The van der Waals surface area contributed by atoms with E-state index in [1.54, 1.807) is 6.08 Å². The van der Waals surface area contributed by atoms with Gasteiger partial charge in [0.05, 0.1) is 32.0 Å². The molecule has 1 N–H and O–H groups in total. The molecule has 0 aromatic rings. The zero-order valence-electron chi connectivity index (χ0n) is 19.0. The summed E-state index contributed by atoms with van der Waals surface area (Å²) in [7, 11) is 2.54. The van der Waals surface area contributed by atoms with Gasteiger partial charge in [-0.25, -0.2) is 4.79 Å². The molecular weight excluding hydrogens is 414 g/mol. The Hall–Kier alpha value is -2.77. The second-order valence-electron chi connectivity index (χ2n) is 9.28. The van der Waals surface area contributed by atoms with E-state index in [0.29, 0.717) is 18.4 Å². The normalized spacial score (nSPS) is 34.9. The summed E-state index contributed by atoms with van der Waals surface area (Å²) in [6.07, 6.45) is 2.67. The number of methoxy groups -OCH3 is 2. The van der Waals surface area contributed by atoms with Crippen LogP contribution in [0.4, 0.5) is 0 Å². The van der Waals surface area contributed by atoms with E-state index >= 15 is 0 Å². The first-order valence-corrected chi connectivity index (χ1v) is 11.2. The van der Waals surface area contributed by atoms with Gasteiger partial charge < -0.3 is 9.47 Å². The number of rotatable bonds is 4. The number of ketones is 1. The second-order valence-corrected chi connectivity index (χ2v) is 9.28. The van der Waals surface area contributed by atoms with Crippen LogP contribution in [-0.4, -0.2) is 43.8 Å². The topological polar surface area (TPSA) is 116 Å². The molecule has 0 spiro atoms. The van der Waals surface area contributed by atoms with E-state index in [2.05, 4.69) is 5.32 Å². The molecule has 8 nitrogen and oxygen atoms in total. The van der Waals surface area contributed by atoms with Gasteiger partial charge in [0.25, 0.3) is 0 Å². The number of hydrogen-bond donors (Lipinski definition) is 1. The smallest absolute Gasteiger partial charge is 0.333 e. The summed E-state index contributed by atoms with van der Waals surface area (Å²) in [6.45, 7) is 5.65. The Balaban J connectivity index is 2.03. The van der Waals surface area contributed by atoms with Gasteiger partial charge in [-0.2, -0.15) is 0 Å². The van der Waals surface area contributed by atoms with Crippen molar-refractivity contribution in [2.75, 3.05) is 14.2 Å². The zero-order chi connectivity index (χ0) is 23.5. The molecule has 4 rings (SSSR count). The van der Waals surface area contributed by atoms with Gasteiger partial charge in [-0.15, -0.1) is 0 Å². The van der Waals surface area contributed by atoms with Gasteiger partial charge in [0.2, 0.25) is 11.8 Å². The highest BCUT2D eigenvalue weighted by Crippen LogP contribution is 2.63. The lowest BCUT2D eigenvalue weighted by Gasteiger charge is -2.39. The van der Waals surface area contributed by atoms with E-state index in [0.717, 1.165) is 5.57 Å². The number of esters is 2. The Morgan fingerprint density at radius 1 is 1.06 bits per heavy atom. The molecule has 1 saturated heterocycles. The molecule has 6 atom stereocenters. The molecule has 3 aliphatic carbocycles. The van der Waals surface area contributed by atoms with Crippen LogP contribution in [0.2, 0.25) is 0 Å². The molecule has 1 unspecified atom stereocenters. The molecule has 0 saturated carbocycles. The van der Waals surface area contributed by atoms with Gasteiger partial charge in [-0.1, -0.05) is 32.4 Å². The van der Waals surface area contributed by atoms with Crippen LogP contribution < -0.4 is 5.32 Å². The molecule has 1 fully saturated rings. The average Bonchev–Trinajstić information content (AvgIpc) is 3.15. The Bertz CT molecular complexity index is 986.